The van der Waals surface area contributed by atoms with Gasteiger partial charge >= 0.3 is 0 Å². The number of amides is 1. The van der Waals surface area contributed by atoms with Crippen LogP contribution in [0.4, 0.5) is 0 Å². The first-order valence-corrected chi connectivity index (χ1v) is 6.79. The summed E-state index contributed by atoms with van der Waals surface area (Å²) in [5.41, 5.74) is 0. The Morgan fingerprint density at radius 2 is 2.06 bits per heavy atom. The summed E-state index contributed by atoms with van der Waals surface area (Å²) in [4.78, 5) is 13.7. The lowest BCUT2D eigenvalue weighted by Crippen LogP contribution is -2.42. The molecule has 1 fully saturated rings. The van der Waals surface area contributed by atoms with Crippen LogP contribution >= 0.6 is 12.6 Å². The van der Waals surface area contributed by atoms with Crippen LogP contribution in [0, 0.1) is 5.92 Å². The van der Waals surface area contributed by atoms with Crippen LogP contribution in [-0.2, 0) is 9.53 Å². The van der Waals surface area contributed by atoms with Crippen LogP contribution in [0.2, 0.25) is 0 Å². The molecule has 3 nitrogen and oxygen atoms in total. The zero-order valence-corrected chi connectivity index (χ0v) is 11.2. The summed E-state index contributed by atoms with van der Waals surface area (Å²) in [6, 6.07) is 0. The maximum Gasteiger partial charge on any atom is 0.225 e. The minimum atomic E-state index is 0.113. The average Bonchev–Trinajstić information content (AvgIpc) is 2.29. The van der Waals surface area contributed by atoms with Crippen molar-refractivity contribution >= 4 is 18.5 Å². The summed E-state index contributed by atoms with van der Waals surface area (Å²) in [5.74, 6) is 1.26. The lowest BCUT2D eigenvalue weighted by molar-refractivity contribution is -0.137. The number of piperidine rings is 1. The maximum absolute atomic E-state index is 11.7. The number of carbonyl (C=O) groups excluding carboxylic acids is 1. The minimum Gasteiger partial charge on any atom is -0.378 e. The largest absolute Gasteiger partial charge is 0.378 e. The van der Waals surface area contributed by atoms with Crippen LogP contribution < -0.4 is 0 Å². The molecule has 1 rings (SSSR count). The first-order valence-electron chi connectivity index (χ1n) is 6.16. The number of carbonyl (C=O) groups is 1. The fourth-order valence-corrected chi connectivity index (χ4v) is 2.05. The topological polar surface area (TPSA) is 29.5 Å². The van der Waals surface area contributed by atoms with E-state index in [0.29, 0.717) is 6.10 Å². The van der Waals surface area contributed by atoms with Crippen LogP contribution in [0.3, 0.4) is 0 Å². The molecular formula is C12H23NO2S. The minimum absolute atomic E-state index is 0.113. The Kier molecular flexibility index (Phi) is 6.21. The lowest BCUT2D eigenvalue weighted by atomic mass is 10.1. The van der Waals surface area contributed by atoms with Gasteiger partial charge in [0.2, 0.25) is 5.91 Å². The van der Waals surface area contributed by atoms with Crippen molar-refractivity contribution in [1.29, 1.82) is 0 Å². The van der Waals surface area contributed by atoms with Gasteiger partial charge in [0, 0.05) is 25.6 Å². The van der Waals surface area contributed by atoms with E-state index in [2.05, 4.69) is 12.6 Å². The zero-order valence-electron chi connectivity index (χ0n) is 10.3. The van der Waals surface area contributed by atoms with Gasteiger partial charge in [-0.15, -0.1) is 0 Å². The van der Waals surface area contributed by atoms with Gasteiger partial charge in [-0.05, 0) is 25.0 Å². The van der Waals surface area contributed by atoms with E-state index in [1.807, 2.05) is 18.7 Å². The van der Waals surface area contributed by atoms with Crippen LogP contribution in [0.5, 0.6) is 0 Å². The third kappa shape index (κ3) is 4.34. The predicted octanol–water partition coefficient (Wildman–Crippen LogP) is 1.97. The van der Waals surface area contributed by atoms with Gasteiger partial charge in [0.25, 0.3) is 0 Å². The van der Waals surface area contributed by atoms with Crippen molar-refractivity contribution < 1.29 is 9.53 Å². The monoisotopic (exact) mass is 245 g/mol. The number of nitrogens with zero attached hydrogens (tertiary/aromatic N) is 1. The highest BCUT2D eigenvalue weighted by Crippen LogP contribution is 2.16. The molecule has 16 heavy (non-hydrogen) atoms. The second kappa shape index (κ2) is 7.17. The molecule has 0 saturated carbocycles. The molecule has 0 bridgehead atoms. The number of hydrogen-bond acceptors (Lipinski definition) is 3. The highest BCUT2D eigenvalue weighted by molar-refractivity contribution is 7.80. The third-order valence-corrected chi connectivity index (χ3v) is 3.22. The second-order valence-corrected chi connectivity index (χ2v) is 5.07. The molecule has 1 heterocycles. The molecule has 0 radical (unpaired) electrons. The van der Waals surface area contributed by atoms with E-state index in [1.165, 1.54) is 0 Å². The predicted molar refractivity (Wildman–Crippen MR) is 68.9 cm³/mol. The summed E-state index contributed by atoms with van der Waals surface area (Å²) in [5, 5.41) is 0. The van der Waals surface area contributed by atoms with Gasteiger partial charge < -0.3 is 9.64 Å². The fourth-order valence-electron chi connectivity index (χ4n) is 1.92. The molecule has 1 aliphatic heterocycles. The third-order valence-electron chi connectivity index (χ3n) is 2.90. The highest BCUT2D eigenvalue weighted by Gasteiger charge is 2.24. The molecule has 0 atom stereocenters. The van der Waals surface area contributed by atoms with E-state index in [1.54, 1.807) is 0 Å². The highest BCUT2D eigenvalue weighted by atomic mass is 32.1. The van der Waals surface area contributed by atoms with Crippen LogP contribution in [0.15, 0.2) is 0 Å². The Balaban J connectivity index is 2.20. The van der Waals surface area contributed by atoms with Crippen molar-refractivity contribution in [3.63, 3.8) is 0 Å². The zero-order chi connectivity index (χ0) is 12.0. The Bertz CT molecular complexity index is 213. The van der Waals surface area contributed by atoms with E-state index in [0.717, 1.165) is 44.7 Å². The SMILES string of the molecule is CC(C)C(=O)N1CCC(OCCCS)CC1. The van der Waals surface area contributed by atoms with Crippen LogP contribution in [-0.4, -0.2) is 42.4 Å². The Hall–Kier alpha value is -0.220. The lowest BCUT2D eigenvalue weighted by Gasteiger charge is -2.33. The van der Waals surface area contributed by atoms with Crippen molar-refractivity contribution in [2.75, 3.05) is 25.4 Å². The summed E-state index contributed by atoms with van der Waals surface area (Å²) in [6.45, 7) is 6.41. The average molecular weight is 245 g/mol. The Morgan fingerprint density at radius 1 is 1.44 bits per heavy atom. The Morgan fingerprint density at radius 3 is 2.56 bits per heavy atom. The number of thiol groups is 1. The molecule has 1 amide bonds. The maximum atomic E-state index is 11.7. The first kappa shape index (κ1) is 13.8. The van der Waals surface area contributed by atoms with Crippen molar-refractivity contribution in [1.82, 2.24) is 4.90 Å². The van der Waals surface area contributed by atoms with Gasteiger partial charge in [0.1, 0.15) is 0 Å². The molecular weight excluding hydrogens is 222 g/mol. The molecule has 0 aromatic rings. The van der Waals surface area contributed by atoms with E-state index in [9.17, 15) is 4.79 Å². The Labute approximate surface area is 104 Å². The normalized spacial score (nSPS) is 18.1. The quantitative estimate of drug-likeness (QED) is 0.593. The van der Waals surface area contributed by atoms with Crippen molar-refractivity contribution in [2.24, 2.45) is 5.92 Å². The molecule has 0 N–H and O–H groups in total. The molecule has 0 aliphatic carbocycles. The van der Waals surface area contributed by atoms with Gasteiger partial charge in [-0.1, -0.05) is 13.8 Å². The number of ether oxygens (including phenoxy) is 1. The van der Waals surface area contributed by atoms with Gasteiger partial charge in [-0.25, -0.2) is 0 Å². The smallest absolute Gasteiger partial charge is 0.225 e. The second-order valence-electron chi connectivity index (χ2n) is 4.63. The molecule has 0 aromatic carbocycles. The van der Waals surface area contributed by atoms with Gasteiger partial charge in [0.05, 0.1) is 6.10 Å². The van der Waals surface area contributed by atoms with E-state index in [-0.39, 0.29) is 11.8 Å². The molecule has 1 saturated heterocycles. The van der Waals surface area contributed by atoms with Gasteiger partial charge in [-0.2, -0.15) is 12.6 Å². The molecule has 0 spiro atoms. The summed E-state index contributed by atoms with van der Waals surface area (Å²) < 4.78 is 5.73. The van der Waals surface area contributed by atoms with Crippen LogP contribution in [0.25, 0.3) is 0 Å². The standard InChI is InChI=1S/C12H23NO2S/c1-10(2)12(14)13-6-4-11(5-7-13)15-8-3-9-16/h10-11,16H,3-9H2,1-2H3. The summed E-state index contributed by atoms with van der Waals surface area (Å²) in [7, 11) is 0. The molecule has 1 aliphatic rings. The molecule has 4 heteroatoms. The van der Waals surface area contributed by atoms with Gasteiger partial charge in [-0.3, -0.25) is 4.79 Å². The van der Waals surface area contributed by atoms with E-state index >= 15 is 0 Å². The number of likely N-dealkylation sites (tertiary alicyclic amines) is 1. The summed E-state index contributed by atoms with van der Waals surface area (Å²) >= 11 is 4.15. The molecule has 94 valence electrons. The number of rotatable bonds is 5. The molecule has 0 aromatic heterocycles. The first-order chi connectivity index (χ1) is 7.65. The van der Waals surface area contributed by atoms with E-state index in [4.69, 9.17) is 4.74 Å². The van der Waals surface area contributed by atoms with Crippen molar-refractivity contribution in [3.8, 4) is 0 Å². The van der Waals surface area contributed by atoms with E-state index < -0.39 is 0 Å². The summed E-state index contributed by atoms with van der Waals surface area (Å²) in [6.07, 6.45) is 3.31. The van der Waals surface area contributed by atoms with Crippen molar-refractivity contribution in [2.45, 2.75) is 39.2 Å². The molecule has 0 unspecified atom stereocenters. The van der Waals surface area contributed by atoms with Crippen molar-refractivity contribution in [3.05, 3.63) is 0 Å². The fraction of sp³-hybridized carbons (Fsp3) is 0.917. The van der Waals surface area contributed by atoms with Gasteiger partial charge in [0.15, 0.2) is 0 Å². The number of hydrogen-bond donors (Lipinski definition) is 1. The van der Waals surface area contributed by atoms with Crippen LogP contribution in [0.1, 0.15) is 33.1 Å².